The number of rotatable bonds is 3. The summed E-state index contributed by atoms with van der Waals surface area (Å²) in [5.74, 6) is 3.13. The van der Waals surface area contributed by atoms with Crippen LogP contribution in [0, 0.1) is 0 Å². The van der Waals surface area contributed by atoms with Gasteiger partial charge in [0.05, 0.1) is 5.02 Å². The molecule has 0 bridgehead atoms. The van der Waals surface area contributed by atoms with Crippen molar-refractivity contribution in [3.05, 3.63) is 28.8 Å². The van der Waals surface area contributed by atoms with Crippen LogP contribution in [-0.2, 0) is 0 Å². The van der Waals surface area contributed by atoms with Crippen LogP contribution in [0.4, 0.5) is 0 Å². The Morgan fingerprint density at radius 1 is 1.33 bits per heavy atom. The molecule has 1 aromatic carbocycles. The third-order valence-corrected chi connectivity index (χ3v) is 5.03. The van der Waals surface area contributed by atoms with E-state index in [1.54, 1.807) is 0 Å². The van der Waals surface area contributed by atoms with E-state index < -0.39 is 0 Å². The number of hydrogen-bond donors (Lipinski definition) is 1. The molecule has 2 unspecified atom stereocenters. The predicted octanol–water partition coefficient (Wildman–Crippen LogP) is 3.65. The quantitative estimate of drug-likeness (QED) is 0.915. The van der Waals surface area contributed by atoms with Gasteiger partial charge in [-0.05, 0) is 49.3 Å². The van der Waals surface area contributed by atoms with E-state index in [0.29, 0.717) is 12.1 Å². The largest absolute Gasteiger partial charge is 0.488 e. The smallest absolute Gasteiger partial charge is 0.138 e. The molecular weight excluding hydrogens is 266 g/mol. The molecule has 0 aromatic heterocycles. The summed E-state index contributed by atoms with van der Waals surface area (Å²) < 4.78 is 5.95. The van der Waals surface area contributed by atoms with Gasteiger partial charge in [0, 0.05) is 11.8 Å². The third-order valence-electron chi connectivity index (χ3n) is 3.60. The fraction of sp³-hybridized carbons (Fsp3) is 0.571. The summed E-state index contributed by atoms with van der Waals surface area (Å²) >= 11 is 8.28. The van der Waals surface area contributed by atoms with Crippen molar-refractivity contribution in [2.45, 2.75) is 31.4 Å². The van der Waals surface area contributed by atoms with Crippen molar-refractivity contribution >= 4 is 23.4 Å². The first-order valence-electron chi connectivity index (χ1n) is 6.60. The molecule has 0 radical (unpaired) electrons. The van der Waals surface area contributed by atoms with Gasteiger partial charge in [-0.2, -0.15) is 11.8 Å². The Hall–Kier alpha value is -0.380. The average Bonchev–Trinajstić information content (AvgIpc) is 3.04. The molecule has 2 nitrogen and oxygen atoms in total. The summed E-state index contributed by atoms with van der Waals surface area (Å²) in [6, 6.07) is 6.70. The molecule has 0 amide bonds. The van der Waals surface area contributed by atoms with Crippen LogP contribution in [0.1, 0.15) is 30.9 Å². The van der Waals surface area contributed by atoms with Crippen molar-refractivity contribution in [3.8, 4) is 5.75 Å². The van der Waals surface area contributed by atoms with Crippen molar-refractivity contribution in [3.63, 3.8) is 0 Å². The minimum Gasteiger partial charge on any atom is -0.488 e. The molecule has 1 aromatic rings. The molecule has 0 saturated carbocycles. The number of halogens is 1. The maximum atomic E-state index is 6.33. The molecule has 2 heterocycles. The first-order chi connectivity index (χ1) is 8.83. The molecule has 18 heavy (non-hydrogen) atoms. The number of thioether (sulfide) groups is 1. The molecule has 98 valence electrons. The molecule has 0 spiro atoms. The lowest BCUT2D eigenvalue weighted by atomic mass is 10.1. The summed E-state index contributed by atoms with van der Waals surface area (Å²) in [6.07, 6.45) is 3.92. The highest BCUT2D eigenvalue weighted by Gasteiger charge is 2.20. The summed E-state index contributed by atoms with van der Waals surface area (Å²) in [6.45, 7) is 1.11. The van der Waals surface area contributed by atoms with Gasteiger partial charge in [-0.3, -0.25) is 0 Å². The van der Waals surface area contributed by atoms with Crippen molar-refractivity contribution in [2.75, 3.05) is 18.1 Å². The van der Waals surface area contributed by atoms with Crippen LogP contribution in [0.3, 0.4) is 0 Å². The van der Waals surface area contributed by atoms with Crippen LogP contribution in [0.25, 0.3) is 0 Å². The van der Waals surface area contributed by atoms with Crippen LogP contribution >= 0.6 is 23.4 Å². The Labute approximate surface area is 117 Å². The first-order valence-corrected chi connectivity index (χ1v) is 8.13. The van der Waals surface area contributed by atoms with Crippen molar-refractivity contribution < 1.29 is 4.74 Å². The third kappa shape index (κ3) is 2.79. The van der Waals surface area contributed by atoms with Gasteiger partial charge in [0.25, 0.3) is 0 Å². The number of benzene rings is 1. The molecule has 1 N–H and O–H groups in total. The van der Waals surface area contributed by atoms with Crippen LogP contribution in [-0.4, -0.2) is 24.2 Å². The van der Waals surface area contributed by atoms with Gasteiger partial charge < -0.3 is 10.1 Å². The normalized spacial score (nSPS) is 27.6. The Morgan fingerprint density at radius 2 is 2.28 bits per heavy atom. The van der Waals surface area contributed by atoms with E-state index in [-0.39, 0.29) is 0 Å². The molecule has 0 aliphatic carbocycles. The van der Waals surface area contributed by atoms with Crippen molar-refractivity contribution in [2.24, 2.45) is 0 Å². The van der Waals surface area contributed by atoms with Gasteiger partial charge in [-0.1, -0.05) is 17.7 Å². The fourth-order valence-corrected chi connectivity index (χ4v) is 3.91. The molecule has 2 saturated heterocycles. The lowest BCUT2D eigenvalue weighted by Crippen LogP contribution is -2.16. The molecule has 2 aliphatic heterocycles. The minimum atomic E-state index is 0.336. The summed E-state index contributed by atoms with van der Waals surface area (Å²) in [4.78, 5) is 0. The fourth-order valence-electron chi connectivity index (χ4n) is 2.58. The molecule has 2 aliphatic rings. The summed E-state index contributed by atoms with van der Waals surface area (Å²) in [5, 5.41) is 4.24. The summed E-state index contributed by atoms with van der Waals surface area (Å²) in [7, 11) is 0. The number of ether oxygens (including phenoxy) is 1. The van der Waals surface area contributed by atoms with Gasteiger partial charge in [0.2, 0.25) is 0 Å². The van der Waals surface area contributed by atoms with Gasteiger partial charge in [-0.25, -0.2) is 0 Å². The van der Waals surface area contributed by atoms with Gasteiger partial charge in [0.1, 0.15) is 11.9 Å². The van der Waals surface area contributed by atoms with Crippen molar-refractivity contribution in [1.29, 1.82) is 0 Å². The SMILES string of the molecule is Clc1cc(C2CCCN2)ccc1OC1CCSC1. The number of nitrogens with one attached hydrogen (secondary N) is 1. The van der Waals surface area contributed by atoms with E-state index in [2.05, 4.69) is 17.4 Å². The molecule has 4 heteroatoms. The van der Waals surface area contributed by atoms with Crippen LogP contribution in [0.2, 0.25) is 5.02 Å². The van der Waals surface area contributed by atoms with E-state index in [1.807, 2.05) is 17.8 Å². The second-order valence-corrected chi connectivity index (χ2v) is 6.50. The van der Waals surface area contributed by atoms with Crippen LogP contribution in [0.5, 0.6) is 5.75 Å². The standard InChI is InChI=1S/C14H18ClNOS/c15-12-8-10(13-2-1-6-16-13)3-4-14(12)17-11-5-7-18-9-11/h3-4,8,11,13,16H,1-2,5-7,9H2. The molecule has 3 rings (SSSR count). The van der Waals surface area contributed by atoms with E-state index in [9.17, 15) is 0 Å². The minimum absolute atomic E-state index is 0.336. The summed E-state index contributed by atoms with van der Waals surface area (Å²) in [5.41, 5.74) is 1.28. The van der Waals surface area contributed by atoms with Crippen LogP contribution in [0.15, 0.2) is 18.2 Å². The zero-order valence-electron chi connectivity index (χ0n) is 10.3. The topological polar surface area (TPSA) is 21.3 Å². The van der Waals surface area contributed by atoms with E-state index in [4.69, 9.17) is 16.3 Å². The predicted molar refractivity (Wildman–Crippen MR) is 77.8 cm³/mol. The molecule has 2 atom stereocenters. The van der Waals surface area contributed by atoms with Crippen LogP contribution < -0.4 is 10.1 Å². The second kappa shape index (κ2) is 5.72. The van der Waals surface area contributed by atoms with Gasteiger partial charge in [0.15, 0.2) is 0 Å². The first kappa shape index (κ1) is 12.6. The van der Waals surface area contributed by atoms with Crippen molar-refractivity contribution in [1.82, 2.24) is 5.32 Å². The lowest BCUT2D eigenvalue weighted by Gasteiger charge is -2.16. The van der Waals surface area contributed by atoms with E-state index >= 15 is 0 Å². The maximum Gasteiger partial charge on any atom is 0.138 e. The van der Waals surface area contributed by atoms with Gasteiger partial charge >= 0.3 is 0 Å². The Balaban J connectivity index is 1.71. The highest BCUT2D eigenvalue weighted by atomic mass is 35.5. The zero-order valence-corrected chi connectivity index (χ0v) is 11.9. The maximum absolute atomic E-state index is 6.33. The van der Waals surface area contributed by atoms with E-state index in [1.165, 1.54) is 24.2 Å². The zero-order chi connectivity index (χ0) is 12.4. The Kier molecular flexibility index (Phi) is 4.02. The lowest BCUT2D eigenvalue weighted by molar-refractivity contribution is 0.229. The Morgan fingerprint density at radius 3 is 2.94 bits per heavy atom. The highest BCUT2D eigenvalue weighted by molar-refractivity contribution is 7.99. The molecular formula is C14H18ClNOS. The van der Waals surface area contributed by atoms with Gasteiger partial charge in [-0.15, -0.1) is 0 Å². The van der Waals surface area contributed by atoms with E-state index in [0.717, 1.165) is 29.5 Å². The number of hydrogen-bond acceptors (Lipinski definition) is 3. The monoisotopic (exact) mass is 283 g/mol. The second-order valence-electron chi connectivity index (χ2n) is 4.94. The Bertz CT molecular complexity index is 414. The average molecular weight is 284 g/mol. The molecule has 2 fully saturated rings. The highest BCUT2D eigenvalue weighted by Crippen LogP contribution is 2.33.